The van der Waals surface area contributed by atoms with E-state index in [0.29, 0.717) is 13.3 Å². The lowest BCUT2D eigenvalue weighted by Gasteiger charge is -2.35. The minimum absolute atomic E-state index is 0.372. The molecule has 0 unspecified atom stereocenters. The molecule has 0 radical (unpaired) electrons. The van der Waals surface area contributed by atoms with E-state index in [0.717, 1.165) is 58.9 Å². The van der Waals surface area contributed by atoms with Crippen LogP contribution in [-0.2, 0) is 4.74 Å². The van der Waals surface area contributed by atoms with Gasteiger partial charge < -0.3 is 19.6 Å². The predicted molar refractivity (Wildman–Crippen MR) is 98.3 cm³/mol. The zero-order chi connectivity index (χ0) is 17.2. The highest BCUT2D eigenvalue weighted by Gasteiger charge is 2.19. The standard InChI is InChI=1S/C18H38N4O2/c1-3-4-5-6-20-11-13-22(14-12-20)17-24-16-18(23)15-21-9-7-19(2)8-10-21/h18,23H,3-17H2,1-2H3/t18-/m0/s1. The molecule has 2 aliphatic rings. The molecule has 0 aromatic rings. The molecule has 142 valence electrons. The Labute approximate surface area is 148 Å². The van der Waals surface area contributed by atoms with Crippen molar-refractivity contribution < 1.29 is 9.84 Å². The molecule has 0 bridgehead atoms. The summed E-state index contributed by atoms with van der Waals surface area (Å²) in [5, 5.41) is 10.2. The van der Waals surface area contributed by atoms with Crippen LogP contribution in [0.1, 0.15) is 26.2 Å². The van der Waals surface area contributed by atoms with Crippen LogP contribution in [-0.4, -0.2) is 117 Å². The molecular formula is C18H38N4O2. The van der Waals surface area contributed by atoms with E-state index in [2.05, 4.69) is 33.6 Å². The number of likely N-dealkylation sites (N-methyl/N-ethyl adjacent to an activating group) is 1. The van der Waals surface area contributed by atoms with Crippen molar-refractivity contribution in [2.75, 3.05) is 85.8 Å². The highest BCUT2D eigenvalue weighted by Crippen LogP contribution is 2.05. The Kier molecular flexibility index (Phi) is 9.53. The fraction of sp³-hybridized carbons (Fsp3) is 1.00. The lowest BCUT2D eigenvalue weighted by atomic mass is 10.2. The maximum Gasteiger partial charge on any atom is 0.0992 e. The minimum atomic E-state index is -0.372. The molecule has 6 heteroatoms. The summed E-state index contributed by atoms with van der Waals surface area (Å²) in [6.07, 6.45) is 3.59. The minimum Gasteiger partial charge on any atom is -0.389 e. The maximum absolute atomic E-state index is 10.2. The molecule has 2 rings (SSSR count). The molecule has 2 aliphatic heterocycles. The number of rotatable bonds is 10. The first-order chi connectivity index (χ1) is 11.7. The van der Waals surface area contributed by atoms with Crippen molar-refractivity contribution in [3.8, 4) is 0 Å². The van der Waals surface area contributed by atoms with Gasteiger partial charge in [0.05, 0.1) is 19.4 Å². The topological polar surface area (TPSA) is 42.4 Å². The van der Waals surface area contributed by atoms with Crippen LogP contribution >= 0.6 is 0 Å². The van der Waals surface area contributed by atoms with Crippen molar-refractivity contribution in [1.82, 2.24) is 19.6 Å². The summed E-state index contributed by atoms with van der Waals surface area (Å²) >= 11 is 0. The number of hydrogen-bond donors (Lipinski definition) is 1. The molecule has 1 atom stereocenters. The molecule has 0 aliphatic carbocycles. The van der Waals surface area contributed by atoms with Gasteiger partial charge in [-0.2, -0.15) is 0 Å². The van der Waals surface area contributed by atoms with E-state index in [4.69, 9.17) is 4.74 Å². The number of aliphatic hydroxyl groups excluding tert-OH is 1. The third kappa shape index (κ3) is 7.76. The van der Waals surface area contributed by atoms with E-state index >= 15 is 0 Å². The normalized spacial score (nSPS) is 23.6. The third-order valence-corrected chi connectivity index (χ3v) is 5.19. The zero-order valence-corrected chi connectivity index (χ0v) is 15.8. The second-order valence-corrected chi connectivity index (χ2v) is 7.42. The summed E-state index contributed by atoms with van der Waals surface area (Å²) in [4.78, 5) is 9.59. The first-order valence-corrected chi connectivity index (χ1v) is 9.78. The van der Waals surface area contributed by atoms with Crippen LogP contribution in [0.4, 0.5) is 0 Å². The molecule has 0 saturated carbocycles. The van der Waals surface area contributed by atoms with Crippen molar-refractivity contribution in [2.24, 2.45) is 0 Å². The van der Waals surface area contributed by atoms with Crippen LogP contribution < -0.4 is 0 Å². The van der Waals surface area contributed by atoms with Crippen LogP contribution in [0.15, 0.2) is 0 Å². The van der Waals surface area contributed by atoms with Crippen molar-refractivity contribution in [3.05, 3.63) is 0 Å². The second kappa shape index (κ2) is 11.4. The van der Waals surface area contributed by atoms with Crippen LogP contribution in [0.2, 0.25) is 0 Å². The number of hydrogen-bond acceptors (Lipinski definition) is 6. The van der Waals surface area contributed by atoms with Gasteiger partial charge in [-0.1, -0.05) is 19.8 Å². The number of ether oxygens (including phenoxy) is 1. The molecule has 0 amide bonds. The maximum atomic E-state index is 10.2. The molecule has 6 nitrogen and oxygen atoms in total. The lowest BCUT2D eigenvalue weighted by Crippen LogP contribution is -2.48. The van der Waals surface area contributed by atoms with Gasteiger partial charge in [0.1, 0.15) is 0 Å². The summed E-state index contributed by atoms with van der Waals surface area (Å²) in [5.74, 6) is 0. The smallest absolute Gasteiger partial charge is 0.0992 e. The Balaban J connectivity index is 1.48. The van der Waals surface area contributed by atoms with Gasteiger partial charge in [0, 0.05) is 58.9 Å². The lowest BCUT2D eigenvalue weighted by molar-refractivity contribution is -0.0419. The fourth-order valence-electron chi connectivity index (χ4n) is 3.43. The predicted octanol–water partition coefficient (Wildman–Crippen LogP) is 0.377. The van der Waals surface area contributed by atoms with Gasteiger partial charge in [0.25, 0.3) is 0 Å². The SMILES string of the molecule is CCCCCN1CCN(COC[C@@H](O)CN2CCN(C)CC2)CC1. The van der Waals surface area contributed by atoms with Crippen molar-refractivity contribution in [1.29, 1.82) is 0 Å². The first-order valence-electron chi connectivity index (χ1n) is 9.78. The molecule has 0 aromatic carbocycles. The summed E-state index contributed by atoms with van der Waals surface area (Å²) in [7, 11) is 2.15. The fourth-order valence-corrected chi connectivity index (χ4v) is 3.43. The van der Waals surface area contributed by atoms with Crippen molar-refractivity contribution >= 4 is 0 Å². The Morgan fingerprint density at radius 3 is 2.17 bits per heavy atom. The van der Waals surface area contributed by atoms with Crippen LogP contribution in [0.3, 0.4) is 0 Å². The van der Waals surface area contributed by atoms with E-state index in [1.165, 1.54) is 25.8 Å². The van der Waals surface area contributed by atoms with E-state index in [9.17, 15) is 5.11 Å². The molecule has 1 N–H and O–H groups in total. The van der Waals surface area contributed by atoms with Gasteiger partial charge in [-0.15, -0.1) is 0 Å². The summed E-state index contributed by atoms with van der Waals surface area (Å²) < 4.78 is 5.75. The number of aliphatic hydroxyl groups is 1. The average molecular weight is 343 g/mol. The third-order valence-electron chi connectivity index (χ3n) is 5.19. The molecule has 2 fully saturated rings. The summed E-state index contributed by atoms with van der Waals surface area (Å²) in [6.45, 7) is 14.1. The van der Waals surface area contributed by atoms with Gasteiger partial charge in [-0.05, 0) is 20.0 Å². The largest absolute Gasteiger partial charge is 0.389 e. The molecular weight excluding hydrogens is 304 g/mol. The second-order valence-electron chi connectivity index (χ2n) is 7.42. The summed E-state index contributed by atoms with van der Waals surface area (Å²) in [6, 6.07) is 0. The van der Waals surface area contributed by atoms with Gasteiger partial charge in [0.2, 0.25) is 0 Å². The Bertz CT molecular complexity index is 316. The molecule has 0 spiro atoms. The Morgan fingerprint density at radius 2 is 1.50 bits per heavy atom. The Morgan fingerprint density at radius 1 is 0.875 bits per heavy atom. The van der Waals surface area contributed by atoms with E-state index in [1.807, 2.05) is 0 Å². The van der Waals surface area contributed by atoms with E-state index in [-0.39, 0.29) is 6.10 Å². The molecule has 2 saturated heterocycles. The van der Waals surface area contributed by atoms with Gasteiger partial charge in [0.15, 0.2) is 0 Å². The first kappa shape index (κ1) is 20.1. The van der Waals surface area contributed by atoms with Gasteiger partial charge in [-0.3, -0.25) is 9.80 Å². The van der Waals surface area contributed by atoms with E-state index < -0.39 is 0 Å². The molecule has 2 heterocycles. The molecule has 24 heavy (non-hydrogen) atoms. The average Bonchev–Trinajstić information content (AvgIpc) is 2.59. The van der Waals surface area contributed by atoms with Crippen LogP contribution in [0.5, 0.6) is 0 Å². The Hall–Kier alpha value is -0.240. The quantitative estimate of drug-likeness (QED) is 0.579. The number of unbranched alkanes of at least 4 members (excludes halogenated alkanes) is 2. The number of β-amino-alcohol motifs (C(OH)–C–C–N with tert-alkyl or cyclic N) is 1. The molecule has 0 aromatic heterocycles. The van der Waals surface area contributed by atoms with Crippen molar-refractivity contribution in [2.45, 2.75) is 32.3 Å². The number of piperazine rings is 2. The summed E-state index contributed by atoms with van der Waals surface area (Å²) in [5.41, 5.74) is 0. The highest BCUT2D eigenvalue weighted by molar-refractivity contribution is 4.73. The monoisotopic (exact) mass is 342 g/mol. The van der Waals surface area contributed by atoms with Crippen LogP contribution in [0, 0.1) is 0 Å². The zero-order valence-electron chi connectivity index (χ0n) is 15.8. The van der Waals surface area contributed by atoms with Crippen molar-refractivity contribution in [3.63, 3.8) is 0 Å². The van der Waals surface area contributed by atoms with Gasteiger partial charge >= 0.3 is 0 Å². The van der Waals surface area contributed by atoms with Gasteiger partial charge in [-0.25, -0.2) is 0 Å². The van der Waals surface area contributed by atoms with Crippen LogP contribution in [0.25, 0.3) is 0 Å². The number of nitrogens with zero attached hydrogens (tertiary/aromatic N) is 4. The van der Waals surface area contributed by atoms with E-state index in [1.54, 1.807) is 0 Å². The highest BCUT2D eigenvalue weighted by atomic mass is 16.5.